The molecule has 47 heteroatoms. The summed E-state index contributed by atoms with van der Waals surface area (Å²) in [6, 6.07) is 9.35. The van der Waals surface area contributed by atoms with E-state index in [9.17, 15) is 102 Å². The van der Waals surface area contributed by atoms with E-state index in [1.165, 1.54) is 59.0 Å². The fourth-order valence-corrected chi connectivity index (χ4v) is 18.7. The Morgan fingerprint density at radius 2 is 0.973 bits per heavy atom. The number of aromatic hydroxyl groups is 1. The summed E-state index contributed by atoms with van der Waals surface area (Å²) in [6.07, 6.45) is -2.80. The Kier molecular flexibility index (Phi) is 49.4. The number of nitrogens with one attached hydrogen (secondary N) is 13. The second-order valence-electron chi connectivity index (χ2n) is 36.5. The number of carboxylic acid groups (broad SMARTS) is 3. The lowest BCUT2D eigenvalue weighted by atomic mass is 9.81. The first-order chi connectivity index (χ1) is 69.5. The lowest BCUT2D eigenvalue weighted by molar-refractivity contribution is -0.192. The highest BCUT2D eigenvalue weighted by molar-refractivity contribution is 7.99. The molecular formula is C100H126N16O28S3. The zero-order chi connectivity index (χ0) is 109. The van der Waals surface area contributed by atoms with Gasteiger partial charge in [0, 0.05) is 112 Å². The minimum absolute atomic E-state index is 0.0150. The van der Waals surface area contributed by atoms with Gasteiger partial charge in [-0.25, -0.2) is 0 Å². The number of hydrogen-bond donors (Lipinski definition) is 19. The van der Waals surface area contributed by atoms with Crippen molar-refractivity contribution in [3.63, 3.8) is 0 Å². The number of aliphatic carboxylic acids is 3. The summed E-state index contributed by atoms with van der Waals surface area (Å²) in [5, 5.41) is 74.9. The average molecular weight is 2100 g/mol. The van der Waals surface area contributed by atoms with Gasteiger partial charge >= 0.3 is 24.1 Å². The zero-order valence-corrected chi connectivity index (χ0v) is 84.8. The monoisotopic (exact) mass is 2090 g/mol. The van der Waals surface area contributed by atoms with Crippen molar-refractivity contribution in [2.75, 3.05) is 37.4 Å². The van der Waals surface area contributed by atoms with E-state index in [4.69, 9.17) is 27.5 Å². The molecule has 792 valence electrons. The van der Waals surface area contributed by atoms with Crippen LogP contribution in [0, 0.1) is 35.5 Å². The maximum atomic E-state index is 15.3. The number of amides is 16. The molecule has 147 heavy (non-hydrogen) atoms. The van der Waals surface area contributed by atoms with E-state index >= 15 is 24.0 Å². The second-order valence-corrected chi connectivity index (χ2v) is 39.6. The number of phenolic OH excluding ortho intramolecular Hbond substituents is 1. The van der Waals surface area contributed by atoms with Gasteiger partial charge in [-0.2, -0.15) is 44.9 Å². The van der Waals surface area contributed by atoms with Gasteiger partial charge in [-0.1, -0.05) is 131 Å². The van der Waals surface area contributed by atoms with Crippen LogP contribution in [0.25, 0.3) is 10.8 Å². The number of thioether (sulfide) groups is 3. The lowest BCUT2D eigenvalue weighted by Crippen LogP contribution is -2.61. The fourth-order valence-electron chi connectivity index (χ4n) is 15.6. The molecule has 0 aromatic heterocycles. The Balaban J connectivity index is 0.0000109. The third kappa shape index (κ3) is 41.6. The highest BCUT2D eigenvalue weighted by Crippen LogP contribution is 2.31. The number of rotatable bonds is 28. The highest BCUT2D eigenvalue weighted by atomic mass is 32.2. The van der Waals surface area contributed by atoms with Crippen molar-refractivity contribution >= 4 is 182 Å². The number of hydrogen-bond acceptors (Lipinski definition) is 28. The highest BCUT2D eigenvalue weighted by Gasteiger charge is 2.42. The summed E-state index contributed by atoms with van der Waals surface area (Å²) in [5.41, 5.74) is 13.1. The van der Waals surface area contributed by atoms with Crippen molar-refractivity contribution in [1.29, 1.82) is 0 Å². The Bertz CT molecular complexity index is 5690. The van der Waals surface area contributed by atoms with E-state index in [0.717, 1.165) is 40.2 Å². The number of primary amides is 2. The number of carbonyl (C=O) groups is 22. The quantitative estimate of drug-likeness (QED) is 0.0294. The van der Waals surface area contributed by atoms with Gasteiger partial charge in [0.2, 0.25) is 94.5 Å². The van der Waals surface area contributed by atoms with Crippen molar-refractivity contribution in [3.8, 4) is 18.1 Å². The smallest absolute Gasteiger partial charge is 0.373 e. The lowest BCUT2D eigenvalue weighted by Gasteiger charge is -2.32. The number of fused-ring (bicyclic) bond motifs is 6. The molecule has 2 aliphatic heterocycles. The molecule has 15 atom stereocenters. The van der Waals surface area contributed by atoms with Crippen LogP contribution < -0.4 is 80.6 Å². The zero-order valence-electron chi connectivity index (χ0n) is 82.4. The number of nitrogens with zero attached hydrogens (tertiary/aromatic N) is 1. The van der Waals surface area contributed by atoms with Gasteiger partial charge in [-0.3, -0.25) is 105 Å². The number of nitrogens with two attached hydrogens (primary N) is 2. The molecule has 21 N–H and O–H groups in total. The fraction of sp³-hybridized carbons (Fsp3) is 0.470. The third-order valence-corrected chi connectivity index (χ3v) is 26.9. The summed E-state index contributed by atoms with van der Waals surface area (Å²) < 4.78 is 0. The van der Waals surface area contributed by atoms with Crippen LogP contribution in [0.4, 0.5) is 0 Å². The Morgan fingerprint density at radius 1 is 0.497 bits per heavy atom. The van der Waals surface area contributed by atoms with Crippen LogP contribution in [0.2, 0.25) is 0 Å². The molecule has 2 aliphatic rings. The van der Waals surface area contributed by atoms with Crippen LogP contribution >= 0.6 is 35.3 Å². The van der Waals surface area contributed by atoms with Crippen LogP contribution in [0.1, 0.15) is 159 Å². The number of likely N-dealkylation sites (N-methyl/N-ethyl adjacent to an activating group) is 1. The van der Waals surface area contributed by atoms with Gasteiger partial charge in [-0.05, 0) is 102 Å². The number of benzene rings is 5. The van der Waals surface area contributed by atoms with E-state index in [-0.39, 0.29) is 84.9 Å². The van der Waals surface area contributed by atoms with E-state index in [1.54, 1.807) is 112 Å². The van der Waals surface area contributed by atoms with Gasteiger partial charge in [-0.15, -0.1) is 12.3 Å². The van der Waals surface area contributed by atoms with Gasteiger partial charge in [0.25, 0.3) is 0 Å². The molecule has 5 aromatic rings. The van der Waals surface area contributed by atoms with E-state index in [2.05, 4.69) is 75.0 Å². The molecule has 0 spiro atoms. The molecule has 2 heterocycles. The summed E-state index contributed by atoms with van der Waals surface area (Å²) in [6.45, 7) is 9.16. The standard InChI is InChI=1S/C99H126N16O26S3.CO2/c1-10-12-25-80(121)102-33-32-82(123)115(9)46-81(122)103-53(3)76(117)42-65-51-143-48-59-34-58-35-60(36-59)49-144-52-75(113-89(132)55(5)104-90(133)63(39-62-23-18-22-61-21-16-17-24-67(61)62)40-77(118)69(30-31-83(124)125)107-95(138)72(43-79(100)120)108-88(131)54(4)105-91(65)134)98(141)106-68(11-2)92(135)111-73(44-84(126)127)96(139)110-70(37-56-19-14-13-15-20-56)93(136)109-71(38-57-26-28-66(116)29-27-57)94(137)112-74(45-85(128)129)97(140)114-86(99(6,7)8)78(119)41-64(87(101)130)50-142-47-58;2-1-3/h1,13-24,26-29,34-36,53-55,63-65,68-75,86,116H,11-12,25,30-33,37-52H2,2-9H3,(H2,100,120)(H2,101,130)(H,102,121)(H,103,122)(H,104,133)(H,105,134)(H,106,141)(H,107,138)(H,108,131)(H,109,136)(H,110,139)(H,111,135)(H,112,137)(H,113,132)(H,114,140)(H,124,125)(H,126,127)(H,128,129);/t53-,54+,55+,63+,64?,65-,68-,69-,70-,71-,72-,73-,74-,75-,86+;/m0./s1. The van der Waals surface area contributed by atoms with Crippen LogP contribution in [0.3, 0.4) is 0 Å². The van der Waals surface area contributed by atoms with Crippen LogP contribution in [0.5, 0.6) is 5.75 Å². The van der Waals surface area contributed by atoms with Crippen LogP contribution in [-0.2, 0) is 152 Å². The van der Waals surface area contributed by atoms with Crippen molar-refractivity contribution in [2.24, 2.45) is 34.6 Å². The SMILES string of the molecule is C#CCCC(=O)NCCC(=O)N(C)CC(=O)N[C@@H](C)C(=O)C[C@H]1CSCc2cc3cc(c2)CSC[C@H](NC(=O)[C@@H](C)NC(=O)[C@H](Cc2cccc4ccccc24)CC(=O)[C@H](CCC(=O)O)NC(=O)[C@H](CC(N)=O)NC(=O)[C@@H](C)NC1=O)C(=O)N[C@@H](CC)C(=O)N[C@@H](CC(=O)O)C(=O)N[C@@H](Cc1ccccc1)C(=O)N[C@@H](Cc1ccc(O)cc1)C(=O)N[C@@H](CC(=O)O)C(=O)N[C@@H](C(C)(C)C)C(=O)CC(C(N)=O)CSC3.O=C=O. The number of Topliss-reactive ketones (excluding diaryl/α,β-unsaturated/α-hetero) is 3. The molecule has 44 nitrogen and oxygen atoms in total. The number of terminal acetylenes is 1. The van der Waals surface area contributed by atoms with Gasteiger partial charge in [0.15, 0.2) is 17.3 Å². The average Bonchev–Trinajstić information content (AvgIpc) is 0.820. The molecule has 4 bridgehead atoms. The molecule has 16 amide bonds. The van der Waals surface area contributed by atoms with Crippen molar-refractivity contribution in [2.45, 2.75) is 235 Å². The van der Waals surface area contributed by atoms with Crippen molar-refractivity contribution < 1.29 is 135 Å². The van der Waals surface area contributed by atoms with E-state index in [1.807, 2.05) is 0 Å². The normalized spacial score (nSPS) is 22.5. The van der Waals surface area contributed by atoms with E-state index < -0.39 is 302 Å². The third-order valence-electron chi connectivity index (χ3n) is 23.5. The van der Waals surface area contributed by atoms with Crippen LogP contribution in [0.15, 0.2) is 115 Å². The van der Waals surface area contributed by atoms with Crippen molar-refractivity contribution in [1.82, 2.24) is 74.0 Å². The summed E-state index contributed by atoms with van der Waals surface area (Å²) in [4.78, 5) is 329. The van der Waals surface area contributed by atoms with Crippen molar-refractivity contribution in [3.05, 3.63) is 149 Å². The predicted octanol–water partition coefficient (Wildman–Crippen LogP) is 0.0294. The predicted molar refractivity (Wildman–Crippen MR) is 537 cm³/mol. The first kappa shape index (κ1) is 121. The molecule has 1 unspecified atom stereocenters. The molecule has 0 saturated carbocycles. The Hall–Kier alpha value is -14.9. The summed E-state index contributed by atoms with van der Waals surface area (Å²) in [5.74, 6) is -26.7. The molecule has 5 aromatic carbocycles. The Morgan fingerprint density at radius 3 is 1.51 bits per heavy atom. The number of carbonyl (C=O) groups excluding carboxylic acids is 21. The summed E-state index contributed by atoms with van der Waals surface area (Å²) >= 11 is 3.22. The van der Waals surface area contributed by atoms with Crippen LogP contribution in [-0.4, -0.2) is 271 Å². The maximum absolute atomic E-state index is 15.3. The topological polar surface area (TPSA) is 702 Å². The van der Waals surface area contributed by atoms with Gasteiger partial charge in [0.1, 0.15) is 60.1 Å². The number of carboxylic acids is 3. The largest absolute Gasteiger partial charge is 0.508 e. The summed E-state index contributed by atoms with van der Waals surface area (Å²) in [7, 11) is 1.31. The molecule has 0 aliphatic carbocycles. The number of phenols is 1. The van der Waals surface area contributed by atoms with Gasteiger partial charge in [0.05, 0.1) is 55.8 Å². The first-order valence-electron chi connectivity index (χ1n) is 47.0. The van der Waals surface area contributed by atoms with Gasteiger partial charge < -0.3 is 106 Å². The minimum atomic E-state index is -2.09. The Labute approximate surface area is 860 Å². The molecule has 0 fully saturated rings. The number of ketones is 3. The molecular weight excluding hydrogens is 1970 g/mol. The molecule has 0 radical (unpaired) electrons. The maximum Gasteiger partial charge on any atom is 0.373 e. The minimum Gasteiger partial charge on any atom is -0.508 e. The molecule has 7 rings (SSSR count). The first-order valence-corrected chi connectivity index (χ1v) is 50.5. The second kappa shape index (κ2) is 60.1. The molecule has 0 saturated heterocycles. The van der Waals surface area contributed by atoms with E-state index in [0.29, 0.717) is 38.6 Å².